The molecule has 0 aliphatic rings. The summed E-state index contributed by atoms with van der Waals surface area (Å²) in [6.45, 7) is 24.6. The van der Waals surface area contributed by atoms with Gasteiger partial charge in [-0.05, 0) is 165 Å². The Kier molecular flexibility index (Phi) is 21.6. The molecule has 14 nitrogen and oxygen atoms in total. The molecule has 0 aliphatic heterocycles. The normalized spacial score (nSPS) is 10.7. The molecule has 4 aromatic carbocycles. The van der Waals surface area contributed by atoms with E-state index in [0.717, 1.165) is 79.7 Å². The Labute approximate surface area is 461 Å². The Morgan fingerprint density at radius 1 is 0.356 bits per heavy atom. The van der Waals surface area contributed by atoms with Gasteiger partial charge in [0.1, 0.15) is 0 Å². The summed E-state index contributed by atoms with van der Waals surface area (Å²) < 4.78 is 12.4. The van der Waals surface area contributed by atoms with Crippen LogP contribution in [0.4, 0.5) is 11.4 Å². The van der Waals surface area contributed by atoms with Gasteiger partial charge in [0.2, 0.25) is 0 Å². The summed E-state index contributed by atoms with van der Waals surface area (Å²) in [6, 6.07) is 55.7. The van der Waals surface area contributed by atoms with E-state index in [-0.39, 0.29) is 31.1 Å². The second kappa shape index (κ2) is 27.7. The van der Waals surface area contributed by atoms with Crippen molar-refractivity contribution in [3.8, 4) is 0 Å². The Hall–Kier alpha value is -6.99. The zero-order chi connectivity index (χ0) is 51.7. The molecule has 10 rings (SSSR count). The van der Waals surface area contributed by atoms with E-state index in [1.807, 2.05) is 175 Å². The number of benzene rings is 4. The van der Waals surface area contributed by atoms with Gasteiger partial charge in [0.05, 0.1) is 34.2 Å². The molecular formula is C55H66B2N14SU. The van der Waals surface area contributed by atoms with Crippen molar-refractivity contribution in [1.82, 2.24) is 58.1 Å². The van der Waals surface area contributed by atoms with Gasteiger partial charge in [0.15, 0.2) is 0 Å². The van der Waals surface area contributed by atoms with Crippen LogP contribution in [0.15, 0.2) is 175 Å². The number of hydrogen-bond donors (Lipinski definition) is 0. The molecule has 18 heteroatoms. The van der Waals surface area contributed by atoms with Crippen molar-refractivity contribution in [1.29, 1.82) is 0 Å². The molecule has 0 unspecified atom stereocenters. The van der Waals surface area contributed by atoms with Gasteiger partial charge < -0.3 is 50.5 Å². The minimum absolute atomic E-state index is 0. The van der Waals surface area contributed by atoms with Crippen LogP contribution in [0.1, 0.15) is 68.3 Å². The van der Waals surface area contributed by atoms with Crippen molar-refractivity contribution in [3.63, 3.8) is 0 Å². The molecule has 372 valence electrons. The number of amidine groups is 1. The van der Waals surface area contributed by atoms with Gasteiger partial charge in [-0.3, -0.25) is 0 Å². The van der Waals surface area contributed by atoms with E-state index in [1.54, 1.807) is 0 Å². The van der Waals surface area contributed by atoms with Crippen LogP contribution in [-0.2, 0) is 12.6 Å². The SMILES string of the molecule is Cc1cc(C)n([BH-](n2nc(C)cc2C)n2nc(C)cc2C)n1.Cc1cc(C)n([BH-](n2nc(C)cc2C)n2nc(C)cc2C)n1.[S-]C(=Nc1ccccc1)[N-]c1ccccc1.[U+4].c1ccccc1.c1ccccc1. The molecule has 0 amide bonds. The fourth-order valence-corrected chi connectivity index (χ4v) is 8.76. The van der Waals surface area contributed by atoms with Crippen molar-refractivity contribution in [2.24, 2.45) is 4.99 Å². The molecule has 6 aromatic heterocycles. The summed E-state index contributed by atoms with van der Waals surface area (Å²) in [5, 5.41) is 32.7. The molecule has 0 bridgehead atoms. The first-order valence-corrected chi connectivity index (χ1v) is 24.6. The molecule has 0 saturated carbocycles. The van der Waals surface area contributed by atoms with Gasteiger partial charge in [-0.25, -0.2) is 35.8 Å². The van der Waals surface area contributed by atoms with Crippen molar-refractivity contribution in [3.05, 3.63) is 244 Å². The molecule has 0 saturated heterocycles. The average molecular weight is 1210 g/mol. The zero-order valence-corrected chi connectivity index (χ0v) is 49.2. The Morgan fingerprint density at radius 2 is 0.562 bits per heavy atom. The third kappa shape index (κ3) is 16.5. The molecule has 0 aliphatic carbocycles. The zero-order valence-electron chi connectivity index (χ0n) is 44.2. The Morgan fingerprint density at radius 3 is 0.767 bits per heavy atom. The summed E-state index contributed by atoms with van der Waals surface area (Å²) in [5.74, 6) is 0. The molecule has 0 atom stereocenters. The van der Waals surface area contributed by atoms with Crippen molar-refractivity contribution in [2.75, 3.05) is 0 Å². The summed E-state index contributed by atoms with van der Waals surface area (Å²) in [4.78, 5) is 4.22. The maximum Gasteiger partial charge on any atom is 4.00 e. The van der Waals surface area contributed by atoms with Gasteiger partial charge in [0.25, 0.3) is 0 Å². The van der Waals surface area contributed by atoms with Gasteiger partial charge in [0, 0.05) is 0 Å². The average Bonchev–Trinajstić information content (AvgIpc) is 4.21. The van der Waals surface area contributed by atoms with E-state index >= 15 is 0 Å². The Balaban J connectivity index is 0.000000182. The van der Waals surface area contributed by atoms with Crippen LogP contribution >= 0.6 is 0 Å². The minimum Gasteiger partial charge on any atom is -0.789 e. The molecule has 10 aromatic rings. The first kappa shape index (κ1) is 56.9. The largest absolute Gasteiger partial charge is 4.00 e. The van der Waals surface area contributed by atoms with Gasteiger partial charge in [-0.2, -0.15) is 0 Å². The molecule has 0 fully saturated rings. The molecule has 73 heavy (non-hydrogen) atoms. The quantitative estimate of drug-likeness (QED) is 0.0640. The number of para-hydroxylation sites is 2. The molecule has 0 spiro atoms. The topological polar surface area (TPSA) is 133 Å². The summed E-state index contributed by atoms with van der Waals surface area (Å²) in [6.07, 6.45) is 0. The molecular weight excluding hydrogens is 1150 g/mol. The van der Waals surface area contributed by atoms with Crippen LogP contribution in [-0.4, -0.2) is 77.6 Å². The van der Waals surface area contributed by atoms with Gasteiger partial charge in [-0.15, -0.1) is 0 Å². The smallest absolute Gasteiger partial charge is 0.789 e. The maximum atomic E-state index is 5.08. The van der Waals surface area contributed by atoms with E-state index in [2.05, 4.69) is 116 Å². The van der Waals surface area contributed by atoms with Crippen LogP contribution in [0.25, 0.3) is 5.32 Å². The first-order valence-electron chi connectivity index (χ1n) is 24.2. The second-order valence-corrected chi connectivity index (χ2v) is 18.3. The van der Waals surface area contributed by atoms with Crippen molar-refractivity contribution >= 4 is 43.4 Å². The van der Waals surface area contributed by atoms with E-state index < -0.39 is 14.2 Å². The third-order valence-electron chi connectivity index (χ3n) is 11.5. The number of aryl methyl sites for hydroxylation is 12. The fraction of sp³-hybridized carbons (Fsp3) is 0.218. The number of aliphatic imine (C=N–C) groups is 1. The van der Waals surface area contributed by atoms with Gasteiger partial charge in [-0.1, -0.05) is 133 Å². The molecule has 0 radical (unpaired) electrons. The van der Waals surface area contributed by atoms with Gasteiger partial charge >= 0.3 is 45.3 Å². The van der Waals surface area contributed by atoms with Crippen molar-refractivity contribution in [2.45, 2.75) is 83.1 Å². The molecule has 6 heterocycles. The minimum atomic E-state index is -1.26. The van der Waals surface area contributed by atoms with Crippen molar-refractivity contribution < 1.29 is 31.1 Å². The third-order valence-corrected chi connectivity index (χ3v) is 11.7. The van der Waals surface area contributed by atoms with Crippen LogP contribution in [0, 0.1) is 114 Å². The predicted molar refractivity (Wildman–Crippen MR) is 300 cm³/mol. The monoisotopic (exact) mass is 1210 g/mol. The van der Waals surface area contributed by atoms with Crippen LogP contribution in [0.3, 0.4) is 0 Å². The standard InChI is InChI=1S/2C15H22BN6.C13H11N2S.2C6H6.U/c2*1-10-7-13(4)20(17-10)16(21-14(5)8-11(2)18-21)22-15(6)9-12(3)19-22;16-13(14-11-7-3-1-4-8-11)15-12-9-5-2-6-10-12;2*1-2-4-6-5-3-1;/h2*7-9,16H,1-6H3;1-10H,(H-,14,15,16);2*1-6H;/q3*-1;;;+4/p-1. The van der Waals surface area contributed by atoms with E-state index in [1.165, 1.54) is 0 Å². The first-order chi connectivity index (χ1) is 34.6. The summed E-state index contributed by atoms with van der Waals surface area (Å²) >= 11 is 5.08. The second-order valence-electron chi connectivity index (χ2n) is 17.9. The summed E-state index contributed by atoms with van der Waals surface area (Å²) in [7, 11) is -2.52. The van der Waals surface area contributed by atoms with E-state index in [9.17, 15) is 0 Å². The van der Waals surface area contributed by atoms with Crippen LogP contribution < -0.4 is 0 Å². The van der Waals surface area contributed by atoms with Crippen LogP contribution in [0.5, 0.6) is 0 Å². The summed E-state index contributed by atoms with van der Waals surface area (Å²) in [5.41, 5.74) is 14.5. The maximum absolute atomic E-state index is 5.08. The number of hydrogen-bond acceptors (Lipinski definition) is 8. The van der Waals surface area contributed by atoms with Crippen LogP contribution in [0.2, 0.25) is 0 Å². The fourth-order valence-electron chi connectivity index (χ4n) is 8.55. The number of rotatable bonds is 8. The molecule has 0 N–H and O–H groups in total. The number of nitrogens with zero attached hydrogens (tertiary/aromatic N) is 14. The van der Waals surface area contributed by atoms with E-state index in [0.29, 0.717) is 5.17 Å². The predicted octanol–water partition coefficient (Wildman–Crippen LogP) is 10.9. The Bertz CT molecular complexity index is 2790. The number of aromatic nitrogens is 12. The van der Waals surface area contributed by atoms with E-state index in [4.69, 9.17) is 43.2 Å².